The minimum Gasteiger partial charge on any atom is -0.488 e. The highest BCUT2D eigenvalue weighted by Gasteiger charge is 2.32. The third kappa shape index (κ3) is 6.93. The second-order valence-corrected chi connectivity index (χ2v) is 13.0. The number of carbonyl (C=O) groups excluding carboxylic acids is 2. The van der Waals surface area contributed by atoms with Crippen molar-refractivity contribution in [2.75, 3.05) is 43.6 Å². The summed E-state index contributed by atoms with van der Waals surface area (Å²) >= 11 is 0. The van der Waals surface area contributed by atoms with Gasteiger partial charge in [0, 0.05) is 42.5 Å². The number of carbonyl (C=O) groups is 2. The van der Waals surface area contributed by atoms with Crippen LogP contribution in [0.1, 0.15) is 30.9 Å². The van der Waals surface area contributed by atoms with Crippen LogP contribution in [-0.2, 0) is 21.2 Å². The highest BCUT2D eigenvalue weighted by molar-refractivity contribution is 7.92. The minimum atomic E-state index is -4.04. The van der Waals surface area contributed by atoms with Crippen LogP contribution < -0.4 is 24.2 Å². The lowest BCUT2D eigenvalue weighted by Crippen LogP contribution is -2.48. The molecule has 0 saturated heterocycles. The molecule has 45 heavy (non-hydrogen) atoms. The fraction of sp³-hybridized carbons (Fsp3) is 0.433. The number of hydrogen-bond acceptors (Lipinski definition) is 10. The summed E-state index contributed by atoms with van der Waals surface area (Å²) in [5, 5.41) is 16.5. The van der Waals surface area contributed by atoms with Gasteiger partial charge in [-0.05, 0) is 51.1 Å². The van der Waals surface area contributed by atoms with Crippen LogP contribution in [0, 0.1) is 19.8 Å². The fourth-order valence-corrected chi connectivity index (χ4v) is 6.70. The van der Waals surface area contributed by atoms with Crippen LogP contribution in [0.25, 0.3) is 0 Å². The van der Waals surface area contributed by atoms with Gasteiger partial charge in [-0.25, -0.2) is 13.2 Å². The van der Waals surface area contributed by atoms with E-state index in [1.165, 1.54) is 18.7 Å². The van der Waals surface area contributed by atoms with Gasteiger partial charge in [0.25, 0.3) is 10.0 Å². The molecule has 0 radical (unpaired) electrons. The standard InChI is InChI=1S/C30H37N5O9S/c1-17-13-35(18(2)15-36)28(37)11-21-10-23(33-45(39,40)29-19(3)32-44-20(29)4)7-8-24(21)43-27(17)14-34(5)30(38)31-22-6-9-25-26(12-22)42-16-41-25/h6-10,12,17-18,27,33,36H,11,13-16H2,1-5H3,(H,31,38)/t17-,18+,27-/m0/s1. The molecule has 0 aliphatic carbocycles. The lowest BCUT2D eigenvalue weighted by Gasteiger charge is -2.34. The predicted molar refractivity (Wildman–Crippen MR) is 163 cm³/mol. The lowest BCUT2D eigenvalue weighted by molar-refractivity contribution is -0.134. The number of urea groups is 1. The number of nitrogens with one attached hydrogen (secondary N) is 2. The molecular formula is C30H37N5O9S. The van der Waals surface area contributed by atoms with Crippen LogP contribution >= 0.6 is 0 Å². The molecule has 3 amide bonds. The van der Waals surface area contributed by atoms with Crippen molar-refractivity contribution in [1.29, 1.82) is 0 Å². The van der Waals surface area contributed by atoms with E-state index >= 15 is 0 Å². The van der Waals surface area contributed by atoms with E-state index in [9.17, 15) is 23.1 Å². The number of likely N-dealkylation sites (N-methyl/N-ethyl adjacent to an activating group) is 1. The zero-order chi connectivity index (χ0) is 32.5. The van der Waals surface area contributed by atoms with E-state index in [2.05, 4.69) is 15.2 Å². The van der Waals surface area contributed by atoms with Gasteiger partial charge < -0.3 is 39.0 Å². The van der Waals surface area contributed by atoms with Gasteiger partial charge in [-0.1, -0.05) is 12.1 Å². The van der Waals surface area contributed by atoms with E-state index in [4.69, 9.17) is 18.7 Å². The van der Waals surface area contributed by atoms with Crippen molar-refractivity contribution in [3.8, 4) is 17.2 Å². The number of anilines is 2. The molecule has 0 bridgehead atoms. The molecule has 3 atom stereocenters. The summed E-state index contributed by atoms with van der Waals surface area (Å²) < 4.78 is 51.1. The summed E-state index contributed by atoms with van der Waals surface area (Å²) in [6, 6.07) is 8.95. The monoisotopic (exact) mass is 643 g/mol. The van der Waals surface area contributed by atoms with Crippen molar-refractivity contribution in [3.05, 3.63) is 53.4 Å². The Hall–Kier alpha value is -4.50. The zero-order valence-corrected chi connectivity index (χ0v) is 26.5. The molecule has 15 heteroatoms. The van der Waals surface area contributed by atoms with Crippen molar-refractivity contribution < 1.29 is 41.8 Å². The molecule has 3 N–H and O–H groups in total. The SMILES string of the molecule is Cc1noc(C)c1S(=O)(=O)Nc1ccc2c(c1)CC(=O)N([C@H](C)CO)C[C@H](C)[C@H](CN(C)C(=O)Nc1ccc3c(c1)OCO3)O2. The summed E-state index contributed by atoms with van der Waals surface area (Å²) in [4.78, 5) is 29.7. The van der Waals surface area contributed by atoms with Gasteiger partial charge in [0.1, 0.15) is 17.5 Å². The number of fused-ring (bicyclic) bond motifs is 2. The molecule has 0 saturated carbocycles. The van der Waals surface area contributed by atoms with Gasteiger partial charge >= 0.3 is 6.03 Å². The van der Waals surface area contributed by atoms with E-state index in [0.29, 0.717) is 28.5 Å². The highest BCUT2D eigenvalue weighted by atomic mass is 32.2. The summed E-state index contributed by atoms with van der Waals surface area (Å²) in [7, 11) is -2.40. The maximum Gasteiger partial charge on any atom is 0.321 e. The topological polar surface area (TPSA) is 173 Å². The Morgan fingerprint density at radius 3 is 2.56 bits per heavy atom. The van der Waals surface area contributed by atoms with Gasteiger partial charge in [0.2, 0.25) is 12.7 Å². The number of aliphatic hydroxyl groups excluding tert-OH is 1. The van der Waals surface area contributed by atoms with Gasteiger partial charge in [-0.2, -0.15) is 0 Å². The van der Waals surface area contributed by atoms with Crippen LogP contribution in [-0.4, -0.2) is 86.1 Å². The third-order valence-electron chi connectivity index (χ3n) is 7.83. The first-order valence-corrected chi connectivity index (χ1v) is 15.9. The fourth-order valence-electron chi connectivity index (χ4n) is 5.32. The number of ether oxygens (including phenoxy) is 3. The van der Waals surface area contributed by atoms with Crippen molar-refractivity contribution in [1.82, 2.24) is 15.0 Å². The average Bonchev–Trinajstić information content (AvgIpc) is 3.61. The number of benzene rings is 2. The van der Waals surface area contributed by atoms with E-state index in [1.807, 2.05) is 6.92 Å². The molecule has 5 rings (SSSR count). The second-order valence-electron chi connectivity index (χ2n) is 11.3. The molecule has 0 fully saturated rings. The summed E-state index contributed by atoms with van der Waals surface area (Å²) in [5.41, 5.74) is 1.42. The Morgan fingerprint density at radius 2 is 1.84 bits per heavy atom. The van der Waals surface area contributed by atoms with Crippen molar-refractivity contribution >= 4 is 33.3 Å². The Balaban J connectivity index is 1.40. The van der Waals surface area contributed by atoms with Crippen LogP contribution in [0.2, 0.25) is 0 Å². The number of rotatable bonds is 8. The maximum atomic E-state index is 13.5. The Labute approximate surface area is 261 Å². The first-order chi connectivity index (χ1) is 21.4. The van der Waals surface area contributed by atoms with E-state index in [-0.39, 0.29) is 72.8 Å². The zero-order valence-electron chi connectivity index (χ0n) is 25.7. The van der Waals surface area contributed by atoms with Crippen LogP contribution in [0.4, 0.5) is 16.2 Å². The first kappa shape index (κ1) is 31.9. The van der Waals surface area contributed by atoms with Crippen LogP contribution in [0.3, 0.4) is 0 Å². The summed E-state index contributed by atoms with van der Waals surface area (Å²) in [6.45, 7) is 7.01. The van der Waals surface area contributed by atoms with Crippen LogP contribution in [0.5, 0.6) is 17.2 Å². The van der Waals surface area contributed by atoms with Gasteiger partial charge in [0.15, 0.2) is 22.2 Å². The number of nitrogens with zero attached hydrogens (tertiary/aromatic N) is 3. The largest absolute Gasteiger partial charge is 0.488 e. The molecule has 242 valence electrons. The number of aliphatic hydroxyl groups is 1. The molecule has 14 nitrogen and oxygen atoms in total. The molecule has 3 aromatic rings. The minimum absolute atomic E-state index is 0.0581. The first-order valence-electron chi connectivity index (χ1n) is 14.4. The molecule has 3 heterocycles. The van der Waals surface area contributed by atoms with Crippen LogP contribution in [0.15, 0.2) is 45.8 Å². The summed E-state index contributed by atoms with van der Waals surface area (Å²) in [6.07, 6.45) is -0.666. The maximum absolute atomic E-state index is 13.5. The van der Waals surface area contributed by atoms with Crippen molar-refractivity contribution in [2.45, 2.75) is 51.2 Å². The number of amides is 3. The van der Waals surface area contributed by atoms with Crippen molar-refractivity contribution in [2.24, 2.45) is 5.92 Å². The average molecular weight is 644 g/mol. The summed E-state index contributed by atoms with van der Waals surface area (Å²) in [5.74, 6) is 1.16. The number of sulfonamides is 1. The molecule has 0 spiro atoms. The molecule has 2 aliphatic heterocycles. The molecule has 1 aromatic heterocycles. The van der Waals surface area contributed by atoms with Gasteiger partial charge in [0.05, 0.1) is 25.6 Å². The van der Waals surface area contributed by atoms with E-state index < -0.39 is 22.2 Å². The van der Waals surface area contributed by atoms with Gasteiger partial charge in [-0.3, -0.25) is 9.52 Å². The Bertz CT molecular complexity index is 1670. The van der Waals surface area contributed by atoms with Crippen molar-refractivity contribution in [3.63, 3.8) is 0 Å². The van der Waals surface area contributed by atoms with E-state index in [1.54, 1.807) is 55.3 Å². The Kier molecular flexibility index (Phi) is 9.11. The molecule has 2 aromatic carbocycles. The highest BCUT2D eigenvalue weighted by Crippen LogP contribution is 2.35. The number of aryl methyl sites for hydroxylation is 2. The van der Waals surface area contributed by atoms with Gasteiger partial charge in [-0.15, -0.1) is 0 Å². The normalized spacial score (nSPS) is 18.6. The number of hydrogen-bond donors (Lipinski definition) is 3. The second kappa shape index (κ2) is 12.9. The van der Waals surface area contributed by atoms with E-state index in [0.717, 1.165) is 0 Å². The molecule has 2 aliphatic rings. The molecule has 0 unspecified atom stereocenters. The number of aromatic nitrogens is 1. The smallest absolute Gasteiger partial charge is 0.321 e. The quantitative estimate of drug-likeness (QED) is 0.331. The lowest BCUT2D eigenvalue weighted by atomic mass is 10.0. The molecular weight excluding hydrogens is 606 g/mol. The predicted octanol–water partition coefficient (Wildman–Crippen LogP) is 3.13. The Morgan fingerprint density at radius 1 is 1.13 bits per heavy atom. The third-order valence-corrected chi connectivity index (χ3v) is 9.45.